The lowest BCUT2D eigenvalue weighted by molar-refractivity contribution is 0.646. The van der Waals surface area contributed by atoms with Crippen LogP contribution in [-0.4, -0.2) is 19.1 Å². The normalized spacial score (nSPS) is 12.2. The fourth-order valence-electron chi connectivity index (χ4n) is 2.18. The van der Waals surface area contributed by atoms with E-state index in [9.17, 15) is 0 Å². The number of halogens is 1. The van der Waals surface area contributed by atoms with Gasteiger partial charge >= 0.3 is 0 Å². The van der Waals surface area contributed by atoms with Gasteiger partial charge in [0, 0.05) is 35.9 Å². The summed E-state index contributed by atoms with van der Waals surface area (Å²) in [5.41, 5.74) is 2.47. The molecule has 0 aliphatic heterocycles. The Labute approximate surface area is 129 Å². The highest BCUT2D eigenvalue weighted by molar-refractivity contribution is 9.10. The van der Waals surface area contributed by atoms with E-state index in [1.165, 1.54) is 11.1 Å². The summed E-state index contributed by atoms with van der Waals surface area (Å²) in [7, 11) is 4.04. The van der Waals surface area contributed by atoms with Gasteiger partial charge in [-0.2, -0.15) is 0 Å². The van der Waals surface area contributed by atoms with Crippen LogP contribution in [-0.2, 0) is 6.54 Å². The minimum atomic E-state index is 0.278. The number of aromatic nitrogens is 1. The van der Waals surface area contributed by atoms with Gasteiger partial charge in [0.2, 0.25) is 0 Å². The number of rotatable bonds is 5. The number of hydrogen-bond donors (Lipinski definition) is 1. The van der Waals surface area contributed by atoms with Gasteiger partial charge in [-0.15, -0.1) is 0 Å². The highest BCUT2D eigenvalue weighted by Gasteiger charge is 2.14. The third kappa shape index (κ3) is 3.38. The summed E-state index contributed by atoms with van der Waals surface area (Å²) in [6, 6.07) is 12.7. The van der Waals surface area contributed by atoms with Gasteiger partial charge < -0.3 is 10.2 Å². The van der Waals surface area contributed by atoms with Gasteiger partial charge in [-0.25, -0.2) is 4.98 Å². The van der Waals surface area contributed by atoms with Gasteiger partial charge in [-0.3, -0.25) is 0 Å². The fraction of sp³-hybridized carbons (Fsp3) is 0.312. The van der Waals surface area contributed by atoms with Crippen LogP contribution in [0.2, 0.25) is 0 Å². The molecule has 0 saturated heterocycles. The van der Waals surface area contributed by atoms with Crippen molar-refractivity contribution >= 4 is 21.7 Å². The Kier molecular flexibility index (Phi) is 5.15. The van der Waals surface area contributed by atoms with E-state index in [0.717, 1.165) is 16.8 Å². The number of anilines is 1. The maximum atomic E-state index is 4.54. The second-order valence-electron chi connectivity index (χ2n) is 4.87. The topological polar surface area (TPSA) is 28.2 Å². The second kappa shape index (κ2) is 6.86. The molecule has 0 saturated carbocycles. The van der Waals surface area contributed by atoms with Crippen molar-refractivity contribution in [2.75, 3.05) is 19.0 Å². The van der Waals surface area contributed by atoms with Crippen molar-refractivity contribution in [3.63, 3.8) is 0 Å². The lowest BCUT2D eigenvalue weighted by Crippen LogP contribution is -2.22. The molecule has 1 atom stereocenters. The summed E-state index contributed by atoms with van der Waals surface area (Å²) >= 11 is 3.60. The molecule has 0 bridgehead atoms. The Bertz CT molecular complexity index is 571. The van der Waals surface area contributed by atoms with Crippen molar-refractivity contribution in [2.24, 2.45) is 0 Å². The molecule has 0 spiro atoms. The summed E-state index contributed by atoms with van der Waals surface area (Å²) in [6.45, 7) is 2.97. The highest BCUT2D eigenvalue weighted by atomic mass is 79.9. The molecule has 1 unspecified atom stereocenters. The molecule has 1 N–H and O–H groups in total. The average Bonchev–Trinajstić information content (AvgIpc) is 2.48. The Morgan fingerprint density at radius 3 is 2.70 bits per heavy atom. The van der Waals surface area contributed by atoms with E-state index in [-0.39, 0.29) is 6.04 Å². The van der Waals surface area contributed by atoms with Crippen molar-refractivity contribution in [1.29, 1.82) is 0 Å². The van der Waals surface area contributed by atoms with Crippen LogP contribution in [0.5, 0.6) is 0 Å². The molecule has 2 rings (SSSR count). The first-order valence-electron chi connectivity index (χ1n) is 6.70. The standard InChI is InChI=1S/C16H20BrN3/c1-12(18-2)14-8-6-10-19-16(14)20(3)11-13-7-4-5-9-15(13)17/h4-10,12,18H,11H2,1-3H3. The highest BCUT2D eigenvalue weighted by Crippen LogP contribution is 2.25. The summed E-state index contributed by atoms with van der Waals surface area (Å²) in [6.07, 6.45) is 1.84. The largest absolute Gasteiger partial charge is 0.355 e. The van der Waals surface area contributed by atoms with Crippen molar-refractivity contribution in [2.45, 2.75) is 19.5 Å². The molecular weight excluding hydrogens is 314 g/mol. The Morgan fingerprint density at radius 2 is 2.00 bits per heavy atom. The fourth-order valence-corrected chi connectivity index (χ4v) is 2.59. The molecule has 2 aromatic rings. The Hall–Kier alpha value is -1.39. The molecule has 0 fully saturated rings. The number of pyridine rings is 1. The molecule has 20 heavy (non-hydrogen) atoms. The van der Waals surface area contributed by atoms with Gasteiger partial charge in [0.15, 0.2) is 0 Å². The van der Waals surface area contributed by atoms with Crippen LogP contribution in [0.15, 0.2) is 47.1 Å². The minimum Gasteiger partial charge on any atom is -0.355 e. The van der Waals surface area contributed by atoms with Crippen LogP contribution in [0.4, 0.5) is 5.82 Å². The number of nitrogens with one attached hydrogen (secondary N) is 1. The van der Waals surface area contributed by atoms with Crippen molar-refractivity contribution in [1.82, 2.24) is 10.3 Å². The van der Waals surface area contributed by atoms with Crippen molar-refractivity contribution < 1.29 is 0 Å². The first-order chi connectivity index (χ1) is 9.63. The summed E-state index contributed by atoms with van der Waals surface area (Å²) in [4.78, 5) is 6.73. The van der Waals surface area contributed by atoms with Gasteiger partial charge in [-0.05, 0) is 31.7 Å². The van der Waals surface area contributed by atoms with E-state index in [1.54, 1.807) is 0 Å². The Balaban J connectivity index is 2.26. The zero-order chi connectivity index (χ0) is 14.5. The first-order valence-corrected chi connectivity index (χ1v) is 7.49. The van der Waals surface area contributed by atoms with Gasteiger partial charge in [0.1, 0.15) is 5.82 Å². The van der Waals surface area contributed by atoms with E-state index in [4.69, 9.17) is 0 Å². The van der Waals surface area contributed by atoms with Crippen LogP contribution in [0.25, 0.3) is 0 Å². The maximum Gasteiger partial charge on any atom is 0.133 e. The number of hydrogen-bond acceptors (Lipinski definition) is 3. The third-order valence-electron chi connectivity index (χ3n) is 3.44. The number of nitrogens with zero attached hydrogens (tertiary/aromatic N) is 2. The van der Waals surface area contributed by atoms with E-state index >= 15 is 0 Å². The molecule has 4 heteroatoms. The van der Waals surface area contributed by atoms with Crippen molar-refractivity contribution in [3.8, 4) is 0 Å². The lowest BCUT2D eigenvalue weighted by Gasteiger charge is -2.24. The van der Waals surface area contributed by atoms with Gasteiger partial charge in [0.05, 0.1) is 0 Å². The minimum absolute atomic E-state index is 0.278. The van der Waals surface area contributed by atoms with Crippen LogP contribution < -0.4 is 10.2 Å². The summed E-state index contributed by atoms with van der Waals surface area (Å²) in [5.74, 6) is 1.02. The zero-order valence-electron chi connectivity index (χ0n) is 12.1. The summed E-state index contributed by atoms with van der Waals surface area (Å²) < 4.78 is 1.13. The second-order valence-corrected chi connectivity index (χ2v) is 5.73. The van der Waals surface area contributed by atoms with E-state index < -0.39 is 0 Å². The lowest BCUT2D eigenvalue weighted by atomic mass is 10.1. The number of benzene rings is 1. The van der Waals surface area contributed by atoms with Crippen LogP contribution in [0.3, 0.4) is 0 Å². The zero-order valence-corrected chi connectivity index (χ0v) is 13.7. The first kappa shape index (κ1) is 15.0. The van der Waals surface area contributed by atoms with Crippen LogP contribution in [0, 0.1) is 0 Å². The quantitative estimate of drug-likeness (QED) is 0.902. The molecular formula is C16H20BrN3. The smallest absolute Gasteiger partial charge is 0.133 e. The van der Waals surface area contributed by atoms with E-state index in [2.05, 4.69) is 69.4 Å². The average molecular weight is 334 g/mol. The predicted molar refractivity (Wildman–Crippen MR) is 88.0 cm³/mol. The van der Waals surface area contributed by atoms with Gasteiger partial charge in [0.25, 0.3) is 0 Å². The molecule has 106 valence electrons. The van der Waals surface area contributed by atoms with E-state index in [1.807, 2.05) is 25.4 Å². The van der Waals surface area contributed by atoms with Gasteiger partial charge in [-0.1, -0.05) is 40.2 Å². The van der Waals surface area contributed by atoms with Crippen LogP contribution in [0.1, 0.15) is 24.1 Å². The van der Waals surface area contributed by atoms with E-state index in [0.29, 0.717) is 0 Å². The molecule has 1 aromatic heterocycles. The SMILES string of the molecule is CNC(C)c1cccnc1N(C)Cc1ccccc1Br. The molecule has 0 aliphatic rings. The molecule has 0 radical (unpaired) electrons. The Morgan fingerprint density at radius 1 is 1.25 bits per heavy atom. The monoisotopic (exact) mass is 333 g/mol. The predicted octanol–water partition coefficient (Wildman–Crippen LogP) is 3.76. The molecule has 1 heterocycles. The maximum absolute atomic E-state index is 4.54. The molecule has 3 nitrogen and oxygen atoms in total. The molecule has 0 amide bonds. The summed E-state index contributed by atoms with van der Waals surface area (Å²) in [5, 5.41) is 3.28. The molecule has 0 aliphatic carbocycles. The van der Waals surface area contributed by atoms with Crippen LogP contribution >= 0.6 is 15.9 Å². The molecule has 1 aromatic carbocycles. The third-order valence-corrected chi connectivity index (χ3v) is 4.22. The van der Waals surface area contributed by atoms with Crippen molar-refractivity contribution in [3.05, 3.63) is 58.2 Å².